The lowest BCUT2D eigenvalue weighted by Crippen LogP contribution is -2.53. The number of amides is 7. The van der Waals surface area contributed by atoms with Crippen molar-refractivity contribution in [1.29, 1.82) is 0 Å². The van der Waals surface area contributed by atoms with Gasteiger partial charge in [-0.2, -0.15) is 5.01 Å². The molecule has 3 aliphatic heterocycles. The van der Waals surface area contributed by atoms with Crippen LogP contribution in [0.1, 0.15) is 45.1 Å². The van der Waals surface area contributed by atoms with Crippen LogP contribution in [0, 0.1) is 5.92 Å². The van der Waals surface area contributed by atoms with E-state index in [2.05, 4.69) is 23.0 Å². The number of nitrogens with zero attached hydrogens (tertiary/aromatic N) is 2. The number of hydrogen-bond donors (Lipinski definition) is 3. The van der Waals surface area contributed by atoms with E-state index in [0.717, 1.165) is 17.7 Å². The minimum atomic E-state index is -1.43. The van der Waals surface area contributed by atoms with Crippen LogP contribution in [-0.2, 0) is 19.9 Å². The Labute approximate surface area is 201 Å². The van der Waals surface area contributed by atoms with Crippen LogP contribution in [0.4, 0.5) is 9.59 Å². The number of ether oxygens (including phenoxy) is 2. The van der Waals surface area contributed by atoms with Crippen molar-refractivity contribution in [2.75, 3.05) is 19.8 Å². The van der Waals surface area contributed by atoms with E-state index in [1.165, 1.54) is 6.92 Å². The highest BCUT2D eigenvalue weighted by Gasteiger charge is 2.54. The highest BCUT2D eigenvalue weighted by atomic mass is 16.6. The van der Waals surface area contributed by atoms with Gasteiger partial charge in [0.15, 0.2) is 11.5 Å². The molecule has 12 heteroatoms. The smallest absolute Gasteiger partial charge is 0.344 e. The van der Waals surface area contributed by atoms with Crippen LogP contribution in [-0.4, -0.2) is 65.0 Å². The molecule has 7 amide bonds. The first-order valence-electron chi connectivity index (χ1n) is 11.6. The molecule has 35 heavy (non-hydrogen) atoms. The molecule has 0 radical (unpaired) electrons. The number of fused-ring (bicyclic) bond motifs is 1. The Morgan fingerprint density at radius 3 is 2.43 bits per heavy atom. The largest absolute Gasteiger partial charge is 0.486 e. The second-order valence-electron chi connectivity index (χ2n) is 9.68. The maximum Gasteiger partial charge on any atom is 0.344 e. The molecule has 0 bridgehead atoms. The number of nitrogens with one attached hydrogen (secondary N) is 3. The number of urea groups is 2. The van der Waals surface area contributed by atoms with Crippen molar-refractivity contribution in [3.8, 4) is 11.5 Å². The summed E-state index contributed by atoms with van der Waals surface area (Å²) in [6.45, 7) is 3.74. The van der Waals surface area contributed by atoms with Gasteiger partial charge in [-0.05, 0) is 56.2 Å². The van der Waals surface area contributed by atoms with Crippen LogP contribution < -0.4 is 25.5 Å². The number of hydrogen-bond acceptors (Lipinski definition) is 7. The van der Waals surface area contributed by atoms with E-state index in [0.29, 0.717) is 54.0 Å². The van der Waals surface area contributed by atoms with Crippen LogP contribution in [0.5, 0.6) is 11.5 Å². The molecule has 5 rings (SSSR count). The maximum absolute atomic E-state index is 13.2. The normalized spacial score (nSPS) is 29.9. The Hall–Kier alpha value is -3.83. The average Bonchev–Trinajstić information content (AvgIpc) is 3.20. The lowest BCUT2D eigenvalue weighted by atomic mass is 9.77. The summed E-state index contributed by atoms with van der Waals surface area (Å²) in [4.78, 5) is 64.7. The number of carbonyl (C=O) groups excluding carboxylic acids is 5. The van der Waals surface area contributed by atoms with Gasteiger partial charge in [0.1, 0.15) is 30.8 Å². The first-order valence-corrected chi connectivity index (χ1v) is 11.6. The van der Waals surface area contributed by atoms with Crippen LogP contribution >= 0.6 is 0 Å². The first kappa shape index (κ1) is 22.9. The predicted molar refractivity (Wildman–Crippen MR) is 119 cm³/mol. The fraction of sp³-hybridized carbons (Fsp3) is 0.522. The first-order chi connectivity index (χ1) is 16.6. The monoisotopic (exact) mass is 485 g/mol. The third kappa shape index (κ3) is 3.72. The molecule has 3 heterocycles. The molecule has 186 valence electrons. The lowest BCUT2D eigenvalue weighted by molar-refractivity contribution is -0.141. The molecule has 1 aromatic carbocycles. The maximum atomic E-state index is 13.2. The molecule has 3 fully saturated rings. The second-order valence-corrected chi connectivity index (χ2v) is 9.68. The summed E-state index contributed by atoms with van der Waals surface area (Å²) in [7, 11) is 0. The number of benzene rings is 1. The van der Waals surface area contributed by atoms with Crippen LogP contribution in [0.3, 0.4) is 0 Å². The van der Waals surface area contributed by atoms with Gasteiger partial charge < -0.3 is 20.1 Å². The third-order valence-electron chi connectivity index (χ3n) is 7.22. The summed E-state index contributed by atoms with van der Waals surface area (Å²) in [5, 5.41) is 5.98. The lowest BCUT2D eigenvalue weighted by Gasteiger charge is -2.33. The van der Waals surface area contributed by atoms with Gasteiger partial charge in [-0.3, -0.25) is 24.7 Å². The van der Waals surface area contributed by atoms with E-state index in [9.17, 15) is 24.0 Å². The fourth-order valence-corrected chi connectivity index (χ4v) is 5.01. The van der Waals surface area contributed by atoms with Gasteiger partial charge in [0.25, 0.3) is 17.7 Å². The zero-order valence-electron chi connectivity index (χ0n) is 19.5. The Morgan fingerprint density at radius 2 is 1.71 bits per heavy atom. The molecule has 1 saturated carbocycles. The van der Waals surface area contributed by atoms with E-state index in [1.807, 2.05) is 0 Å². The Bertz CT molecular complexity index is 1130. The van der Waals surface area contributed by atoms with Crippen molar-refractivity contribution < 1.29 is 33.4 Å². The molecule has 0 aromatic heterocycles. The summed E-state index contributed by atoms with van der Waals surface area (Å²) in [5.74, 6) is -0.569. The van der Waals surface area contributed by atoms with E-state index in [1.54, 1.807) is 18.2 Å². The van der Waals surface area contributed by atoms with Crippen molar-refractivity contribution in [2.45, 2.75) is 50.6 Å². The van der Waals surface area contributed by atoms with Gasteiger partial charge in [-0.1, -0.05) is 13.0 Å². The molecule has 1 unspecified atom stereocenters. The van der Waals surface area contributed by atoms with E-state index >= 15 is 0 Å². The van der Waals surface area contributed by atoms with E-state index in [-0.39, 0.29) is 0 Å². The molecule has 1 spiro atoms. The molecule has 2 saturated heterocycles. The minimum absolute atomic E-state index is 0.364. The molecule has 4 aliphatic rings. The molecule has 1 atom stereocenters. The zero-order chi connectivity index (χ0) is 25.0. The number of carbonyl (C=O) groups is 5. The van der Waals surface area contributed by atoms with Crippen molar-refractivity contribution in [3.63, 3.8) is 0 Å². The number of hydrazine groups is 1. The molecule has 12 nitrogen and oxygen atoms in total. The molecule has 1 aliphatic carbocycles. The Balaban J connectivity index is 1.27. The SMILES string of the molecule is CC1CCC2(CC1)NC(=O)N(NC(=O)CN1C(=O)NC(C)(c3ccc4c(c3)OCCO4)C1=O)C2=O. The molecular weight excluding hydrogens is 458 g/mol. The van der Waals surface area contributed by atoms with Crippen molar-refractivity contribution in [3.05, 3.63) is 23.8 Å². The summed E-state index contributed by atoms with van der Waals surface area (Å²) in [6, 6.07) is 3.43. The van der Waals surface area contributed by atoms with E-state index in [4.69, 9.17) is 9.47 Å². The van der Waals surface area contributed by atoms with Crippen LogP contribution in [0.2, 0.25) is 0 Å². The van der Waals surface area contributed by atoms with Gasteiger partial charge in [0.2, 0.25) is 0 Å². The summed E-state index contributed by atoms with van der Waals surface area (Å²) in [5.41, 5.74) is 0.270. The fourth-order valence-electron chi connectivity index (χ4n) is 5.01. The van der Waals surface area contributed by atoms with Crippen molar-refractivity contribution in [1.82, 2.24) is 26.0 Å². The quantitative estimate of drug-likeness (QED) is 0.534. The van der Waals surface area contributed by atoms with Gasteiger partial charge in [0.05, 0.1) is 0 Å². The zero-order valence-corrected chi connectivity index (χ0v) is 19.5. The van der Waals surface area contributed by atoms with Gasteiger partial charge in [0, 0.05) is 0 Å². The minimum Gasteiger partial charge on any atom is -0.486 e. The van der Waals surface area contributed by atoms with E-state index < -0.39 is 47.4 Å². The Kier molecular flexibility index (Phi) is 5.33. The van der Waals surface area contributed by atoms with Crippen molar-refractivity contribution in [2.24, 2.45) is 5.92 Å². The topological polar surface area (TPSA) is 146 Å². The number of rotatable bonds is 4. The van der Waals surface area contributed by atoms with Crippen molar-refractivity contribution >= 4 is 29.8 Å². The van der Waals surface area contributed by atoms with Gasteiger partial charge >= 0.3 is 12.1 Å². The third-order valence-corrected chi connectivity index (χ3v) is 7.22. The molecular formula is C23H27N5O7. The molecule has 3 N–H and O–H groups in total. The second kappa shape index (κ2) is 8.14. The highest BCUT2D eigenvalue weighted by molar-refractivity contribution is 6.10. The summed E-state index contributed by atoms with van der Waals surface area (Å²) < 4.78 is 11.1. The van der Waals surface area contributed by atoms with Crippen LogP contribution in [0.25, 0.3) is 0 Å². The van der Waals surface area contributed by atoms with Gasteiger partial charge in [-0.15, -0.1) is 0 Å². The predicted octanol–water partition coefficient (Wildman–Crippen LogP) is 0.757. The van der Waals surface area contributed by atoms with Gasteiger partial charge in [-0.25, -0.2) is 9.59 Å². The molecule has 1 aromatic rings. The highest BCUT2D eigenvalue weighted by Crippen LogP contribution is 2.37. The number of imide groups is 2. The standard InChI is InChI=1S/C23H27N5O7/c1-13-5-7-23(8-6-13)19(31)28(21(33)25-23)26-17(29)12-27-18(30)22(2,24-20(27)32)14-3-4-15-16(11-14)35-10-9-34-15/h3-4,11,13H,5-10,12H2,1-2H3,(H,24,32)(H,25,33)(H,26,29). The Morgan fingerprint density at radius 1 is 1.03 bits per heavy atom. The summed E-state index contributed by atoms with van der Waals surface area (Å²) >= 11 is 0. The van der Waals surface area contributed by atoms with Crippen LogP contribution in [0.15, 0.2) is 18.2 Å². The average molecular weight is 485 g/mol. The summed E-state index contributed by atoms with van der Waals surface area (Å²) in [6.07, 6.45) is 2.56.